The highest BCUT2D eigenvalue weighted by molar-refractivity contribution is 7.61. The third-order valence-corrected chi connectivity index (χ3v) is 6.56. The Morgan fingerprint density at radius 1 is 0.600 bits per heavy atom. The van der Waals surface area contributed by atoms with E-state index in [2.05, 4.69) is 24.3 Å². The summed E-state index contributed by atoms with van der Waals surface area (Å²) in [7, 11) is -2.81. The molecular weight excluding hydrogens is 327 g/mol. The van der Waals surface area contributed by atoms with Gasteiger partial charge in [0.1, 0.15) is 5.75 Å². The highest BCUT2D eigenvalue weighted by Gasteiger charge is 2.37. The highest BCUT2D eigenvalue weighted by Crippen LogP contribution is 2.59. The number of hydrogen-bond donors (Lipinski definition) is 0. The van der Waals surface area contributed by atoms with Crippen molar-refractivity contribution in [3.8, 4) is 5.75 Å². The molecule has 4 rings (SSSR count). The topological polar surface area (TPSA) is 26.3 Å². The van der Waals surface area contributed by atoms with E-state index in [-0.39, 0.29) is 0 Å². The van der Waals surface area contributed by atoms with E-state index in [0.29, 0.717) is 18.1 Å². The van der Waals surface area contributed by atoms with E-state index in [4.69, 9.17) is 4.52 Å². The molecule has 0 saturated carbocycles. The van der Waals surface area contributed by atoms with Crippen molar-refractivity contribution < 1.29 is 9.09 Å². The molecule has 0 saturated heterocycles. The van der Waals surface area contributed by atoms with E-state index in [9.17, 15) is 4.57 Å². The third-order valence-electron chi connectivity index (χ3n) is 4.42. The van der Waals surface area contributed by atoms with Crippen LogP contribution in [0.5, 0.6) is 5.75 Å². The summed E-state index contributed by atoms with van der Waals surface area (Å²) in [4.78, 5) is 0. The van der Waals surface area contributed by atoms with Crippen LogP contribution in [0.2, 0.25) is 0 Å². The number of allylic oxidation sites excluding steroid dienone is 2. The van der Waals surface area contributed by atoms with E-state index in [1.54, 1.807) is 0 Å². The van der Waals surface area contributed by atoms with Crippen LogP contribution in [0.1, 0.15) is 11.1 Å². The van der Waals surface area contributed by atoms with Crippen LogP contribution in [-0.4, -0.2) is 12.3 Å². The highest BCUT2D eigenvalue weighted by atomic mass is 31.2. The second-order valence-corrected chi connectivity index (χ2v) is 8.67. The fourth-order valence-corrected chi connectivity index (χ4v) is 5.73. The SMILES string of the molecule is O=P1(Oc2ccccc2)CC(c2ccccc2)=C(c2ccccc2)C1. The summed E-state index contributed by atoms with van der Waals surface area (Å²) in [5.74, 6) is 0.674. The van der Waals surface area contributed by atoms with Crippen LogP contribution in [0.3, 0.4) is 0 Å². The monoisotopic (exact) mass is 346 g/mol. The molecule has 1 aliphatic rings. The number of rotatable bonds is 4. The maximum Gasteiger partial charge on any atom is 0.256 e. The van der Waals surface area contributed by atoms with Gasteiger partial charge in [0.2, 0.25) is 0 Å². The minimum Gasteiger partial charge on any atom is -0.442 e. The van der Waals surface area contributed by atoms with Gasteiger partial charge in [0.05, 0.1) is 12.3 Å². The van der Waals surface area contributed by atoms with E-state index >= 15 is 0 Å². The minimum atomic E-state index is -2.81. The zero-order valence-corrected chi connectivity index (χ0v) is 14.7. The Morgan fingerprint density at radius 3 is 1.44 bits per heavy atom. The minimum absolute atomic E-state index is 0.468. The van der Waals surface area contributed by atoms with E-state index in [1.165, 1.54) is 0 Å². The second-order valence-electron chi connectivity index (χ2n) is 6.22. The first-order valence-electron chi connectivity index (χ1n) is 8.39. The average molecular weight is 346 g/mol. The lowest BCUT2D eigenvalue weighted by Crippen LogP contribution is -1.97. The molecule has 0 bridgehead atoms. The molecule has 0 aliphatic carbocycles. The van der Waals surface area contributed by atoms with Gasteiger partial charge < -0.3 is 4.52 Å². The Kier molecular flexibility index (Phi) is 4.29. The molecule has 124 valence electrons. The first kappa shape index (κ1) is 15.9. The van der Waals surface area contributed by atoms with Gasteiger partial charge in [0.25, 0.3) is 7.37 Å². The molecule has 0 radical (unpaired) electrons. The summed E-state index contributed by atoms with van der Waals surface area (Å²) in [5, 5.41) is 0. The van der Waals surface area contributed by atoms with Crippen molar-refractivity contribution in [2.45, 2.75) is 0 Å². The molecule has 0 atom stereocenters. The number of para-hydroxylation sites is 1. The first-order valence-corrected chi connectivity index (χ1v) is 10.4. The van der Waals surface area contributed by atoms with Crippen LogP contribution < -0.4 is 4.52 Å². The summed E-state index contributed by atoms with van der Waals surface area (Å²) >= 11 is 0. The maximum atomic E-state index is 13.5. The standard InChI is InChI=1S/C22H19O2P/c23-25(24-20-14-8-3-9-15-20)16-21(18-10-4-1-5-11-18)22(17-25)19-12-6-2-7-13-19/h1-15H,16-17H2. The maximum absolute atomic E-state index is 13.5. The number of benzene rings is 3. The molecule has 3 heteroatoms. The number of hydrogen-bond acceptors (Lipinski definition) is 2. The Bertz CT molecular complexity index is 876. The second kappa shape index (κ2) is 6.74. The molecule has 2 nitrogen and oxygen atoms in total. The average Bonchev–Trinajstić information content (AvgIpc) is 3.01. The Balaban J connectivity index is 1.73. The van der Waals surface area contributed by atoms with Gasteiger partial charge in [0, 0.05) is 0 Å². The summed E-state index contributed by atoms with van der Waals surface area (Å²) in [6, 6.07) is 29.9. The smallest absolute Gasteiger partial charge is 0.256 e. The molecule has 0 aromatic heterocycles. The van der Waals surface area contributed by atoms with Crippen LogP contribution in [0, 0.1) is 0 Å². The molecule has 1 aliphatic heterocycles. The summed E-state index contributed by atoms with van der Waals surface area (Å²) in [6.45, 7) is 0. The summed E-state index contributed by atoms with van der Waals surface area (Å²) in [5.41, 5.74) is 4.50. The van der Waals surface area contributed by atoms with Crippen molar-refractivity contribution in [1.82, 2.24) is 0 Å². The van der Waals surface area contributed by atoms with Gasteiger partial charge >= 0.3 is 0 Å². The first-order chi connectivity index (χ1) is 12.2. The Morgan fingerprint density at radius 2 is 1.00 bits per heavy atom. The Hall–Kier alpha value is -2.57. The van der Waals surface area contributed by atoms with Gasteiger partial charge in [0.15, 0.2) is 0 Å². The summed E-state index contributed by atoms with van der Waals surface area (Å²) < 4.78 is 19.5. The molecule has 0 unspecified atom stereocenters. The van der Waals surface area contributed by atoms with E-state index in [1.807, 2.05) is 66.7 Å². The van der Waals surface area contributed by atoms with E-state index < -0.39 is 7.37 Å². The quantitative estimate of drug-likeness (QED) is 0.544. The predicted molar refractivity (Wildman–Crippen MR) is 104 cm³/mol. The molecule has 0 spiro atoms. The van der Waals surface area contributed by atoms with Crippen molar-refractivity contribution >= 4 is 18.5 Å². The van der Waals surface area contributed by atoms with Crippen LogP contribution in [0.15, 0.2) is 91.0 Å². The van der Waals surface area contributed by atoms with Crippen molar-refractivity contribution in [3.63, 3.8) is 0 Å². The Labute approximate surface area is 148 Å². The molecule has 0 N–H and O–H groups in total. The predicted octanol–water partition coefficient (Wildman–Crippen LogP) is 5.97. The fraction of sp³-hybridized carbons (Fsp3) is 0.0909. The van der Waals surface area contributed by atoms with Crippen LogP contribution in [0.25, 0.3) is 11.1 Å². The van der Waals surface area contributed by atoms with Crippen molar-refractivity contribution in [2.24, 2.45) is 0 Å². The van der Waals surface area contributed by atoms with Gasteiger partial charge in [-0.2, -0.15) is 0 Å². The van der Waals surface area contributed by atoms with Crippen molar-refractivity contribution in [1.29, 1.82) is 0 Å². The van der Waals surface area contributed by atoms with Gasteiger partial charge in [-0.15, -0.1) is 0 Å². The third kappa shape index (κ3) is 3.45. The largest absolute Gasteiger partial charge is 0.442 e. The molecule has 0 amide bonds. The molecular formula is C22H19O2P. The molecule has 25 heavy (non-hydrogen) atoms. The van der Waals surface area contributed by atoms with Gasteiger partial charge in [-0.25, -0.2) is 0 Å². The zero-order chi connectivity index (χ0) is 17.1. The fourth-order valence-electron chi connectivity index (χ4n) is 3.28. The lowest BCUT2D eigenvalue weighted by molar-refractivity contribution is 0.490. The zero-order valence-electron chi connectivity index (χ0n) is 13.8. The van der Waals surface area contributed by atoms with Crippen LogP contribution in [0.4, 0.5) is 0 Å². The molecule has 3 aromatic rings. The molecule has 3 aromatic carbocycles. The van der Waals surface area contributed by atoms with Crippen molar-refractivity contribution in [3.05, 3.63) is 102 Å². The van der Waals surface area contributed by atoms with Crippen LogP contribution in [-0.2, 0) is 4.57 Å². The van der Waals surface area contributed by atoms with Gasteiger partial charge in [-0.1, -0.05) is 78.9 Å². The normalized spacial score (nSPS) is 16.0. The molecule has 1 heterocycles. The lowest BCUT2D eigenvalue weighted by Gasteiger charge is -2.15. The summed E-state index contributed by atoms with van der Waals surface area (Å²) in [6.07, 6.45) is 0.937. The lowest BCUT2D eigenvalue weighted by atomic mass is 9.97. The van der Waals surface area contributed by atoms with E-state index in [0.717, 1.165) is 22.3 Å². The van der Waals surface area contributed by atoms with Crippen molar-refractivity contribution in [2.75, 3.05) is 12.3 Å². The van der Waals surface area contributed by atoms with Crippen LogP contribution >= 0.6 is 7.37 Å². The molecule has 0 fully saturated rings. The van der Waals surface area contributed by atoms with Gasteiger partial charge in [-0.3, -0.25) is 4.57 Å². The van der Waals surface area contributed by atoms with Gasteiger partial charge in [-0.05, 0) is 34.4 Å².